The second-order valence-electron chi connectivity index (χ2n) is 10.0. The van der Waals surface area contributed by atoms with Gasteiger partial charge in [0.15, 0.2) is 0 Å². The van der Waals surface area contributed by atoms with E-state index in [2.05, 4.69) is 23.5 Å². The van der Waals surface area contributed by atoms with Crippen molar-refractivity contribution in [3.8, 4) is 5.75 Å². The zero-order chi connectivity index (χ0) is 24.9. The summed E-state index contributed by atoms with van der Waals surface area (Å²) in [6, 6.07) is 8.58. The van der Waals surface area contributed by atoms with Crippen LogP contribution in [0, 0.1) is 37.5 Å². The lowest BCUT2D eigenvalue weighted by atomic mass is 9.55. The summed E-state index contributed by atoms with van der Waals surface area (Å²) in [5.41, 5.74) is 4.62. The third kappa shape index (κ3) is 3.92. The number of hydrogen-bond donors (Lipinski definition) is 2. The molecule has 2 aromatic rings. The molecule has 2 N–H and O–H groups in total. The normalized spacial score (nSPS) is 28.0. The highest BCUT2D eigenvalue weighted by molar-refractivity contribution is 5.98. The van der Waals surface area contributed by atoms with Gasteiger partial charge in [0.25, 0.3) is 17.3 Å². The van der Waals surface area contributed by atoms with E-state index in [0.717, 1.165) is 62.4 Å². The first kappa shape index (κ1) is 22.9. The molecule has 35 heavy (non-hydrogen) atoms. The van der Waals surface area contributed by atoms with Crippen LogP contribution in [0.15, 0.2) is 41.5 Å². The number of phenolic OH excluding ortho intramolecular Hbond substituents is 1. The molecule has 3 aliphatic rings. The summed E-state index contributed by atoms with van der Waals surface area (Å²) in [5, 5.41) is 36.6. The highest BCUT2D eigenvalue weighted by atomic mass is 16.6. The van der Waals surface area contributed by atoms with Crippen LogP contribution in [0.25, 0.3) is 0 Å². The molecule has 0 heterocycles. The van der Waals surface area contributed by atoms with Gasteiger partial charge in [-0.15, -0.1) is 0 Å². The zero-order valence-electron chi connectivity index (χ0n) is 19.3. The Labute approximate surface area is 201 Å². The highest BCUT2D eigenvalue weighted by Gasteiger charge is 2.53. The van der Waals surface area contributed by atoms with Crippen molar-refractivity contribution in [2.45, 2.75) is 51.4 Å². The third-order valence-electron chi connectivity index (χ3n) is 8.33. The molecule has 10 heteroatoms. The average Bonchev–Trinajstić information content (AvgIpc) is 3.17. The topological polar surface area (TPSA) is 148 Å². The number of nitro groups is 2. The van der Waals surface area contributed by atoms with Crippen molar-refractivity contribution in [2.24, 2.45) is 22.4 Å². The molecule has 0 radical (unpaired) electrons. The molecule has 0 unspecified atom stereocenters. The molecule has 0 bridgehead atoms. The Morgan fingerprint density at radius 1 is 1.06 bits per heavy atom. The molecule has 2 fully saturated rings. The number of hydrogen-bond acceptors (Lipinski definition) is 7. The van der Waals surface area contributed by atoms with Crippen LogP contribution in [0.4, 0.5) is 11.4 Å². The van der Waals surface area contributed by atoms with Gasteiger partial charge in [0, 0.05) is 23.3 Å². The fourth-order valence-corrected chi connectivity index (χ4v) is 6.66. The average molecular weight is 479 g/mol. The number of phenols is 1. The van der Waals surface area contributed by atoms with Crippen molar-refractivity contribution in [2.75, 3.05) is 0 Å². The largest absolute Gasteiger partial charge is 0.508 e. The maximum atomic E-state index is 12.7. The van der Waals surface area contributed by atoms with Crippen LogP contribution in [0.1, 0.15) is 66.4 Å². The van der Waals surface area contributed by atoms with Crippen molar-refractivity contribution in [3.63, 3.8) is 0 Å². The Kier molecular flexibility index (Phi) is 5.53. The summed E-state index contributed by atoms with van der Waals surface area (Å²) in [6.45, 7) is 2.20. The van der Waals surface area contributed by atoms with Crippen LogP contribution in [0.2, 0.25) is 0 Å². The predicted octanol–water partition coefficient (Wildman–Crippen LogP) is 4.85. The standard InChI is InChI=1S/C25H26N4O6/c1-25-9-8-20-19-5-3-18(30)12-14(19)2-4-21(20)22(25)6-7-23(25)26-27-24(31)15-10-16(28(32)33)13-17(11-15)29(34)35/h3,5,10-13,20-22,30H,2,4,6-9H2,1H3,(H,27,31)/b26-23-/t20-,21+,22-,25+/m1/s1. The van der Waals surface area contributed by atoms with Gasteiger partial charge >= 0.3 is 0 Å². The van der Waals surface area contributed by atoms with Crippen LogP contribution >= 0.6 is 0 Å². The predicted molar refractivity (Wildman–Crippen MR) is 127 cm³/mol. The second-order valence-corrected chi connectivity index (χ2v) is 10.0. The van der Waals surface area contributed by atoms with Gasteiger partial charge in [-0.25, -0.2) is 5.43 Å². The molecule has 3 aliphatic carbocycles. The lowest BCUT2D eigenvalue weighted by Gasteiger charge is -2.49. The number of fused-ring (bicyclic) bond motifs is 5. The smallest absolute Gasteiger partial charge is 0.277 e. The number of nitro benzene ring substituents is 2. The van der Waals surface area contributed by atoms with E-state index in [0.29, 0.717) is 23.5 Å². The van der Waals surface area contributed by atoms with Gasteiger partial charge < -0.3 is 5.11 Å². The lowest BCUT2D eigenvalue weighted by molar-refractivity contribution is -0.394. The minimum atomic E-state index is -0.763. The molecular weight excluding hydrogens is 452 g/mol. The van der Waals surface area contributed by atoms with Gasteiger partial charge in [-0.2, -0.15) is 5.10 Å². The molecule has 182 valence electrons. The van der Waals surface area contributed by atoms with Gasteiger partial charge in [-0.3, -0.25) is 25.0 Å². The monoisotopic (exact) mass is 478 g/mol. The van der Waals surface area contributed by atoms with E-state index >= 15 is 0 Å². The number of hydrazone groups is 1. The number of non-ortho nitro benzene ring substituents is 2. The second kappa shape index (κ2) is 8.44. The van der Waals surface area contributed by atoms with Crippen molar-refractivity contribution in [3.05, 3.63) is 73.3 Å². The molecule has 0 saturated heterocycles. The number of aromatic hydroxyl groups is 1. The maximum Gasteiger partial charge on any atom is 0.277 e. The summed E-state index contributed by atoms with van der Waals surface area (Å²) < 4.78 is 0. The van der Waals surface area contributed by atoms with E-state index in [1.807, 2.05) is 6.07 Å². The van der Waals surface area contributed by atoms with E-state index in [9.17, 15) is 30.1 Å². The van der Waals surface area contributed by atoms with E-state index in [1.54, 1.807) is 6.07 Å². The number of nitrogens with zero attached hydrogens (tertiary/aromatic N) is 3. The number of carbonyl (C=O) groups is 1. The van der Waals surface area contributed by atoms with E-state index in [-0.39, 0.29) is 11.0 Å². The van der Waals surface area contributed by atoms with Crippen molar-refractivity contribution in [1.29, 1.82) is 0 Å². The summed E-state index contributed by atoms with van der Waals surface area (Å²) in [7, 11) is 0. The zero-order valence-corrected chi connectivity index (χ0v) is 19.3. The Balaban J connectivity index is 1.36. The first-order chi connectivity index (χ1) is 16.7. The highest BCUT2D eigenvalue weighted by Crippen LogP contribution is 2.59. The maximum absolute atomic E-state index is 12.7. The number of carbonyl (C=O) groups excluding carboxylic acids is 1. The van der Waals surface area contributed by atoms with E-state index < -0.39 is 27.1 Å². The summed E-state index contributed by atoms with van der Waals surface area (Å²) >= 11 is 0. The quantitative estimate of drug-likeness (QED) is 0.474. The first-order valence-electron chi connectivity index (χ1n) is 11.8. The van der Waals surface area contributed by atoms with Crippen molar-refractivity contribution >= 4 is 23.0 Å². The fraction of sp³-hybridized carbons (Fsp3) is 0.440. The van der Waals surface area contributed by atoms with Gasteiger partial charge in [0.1, 0.15) is 5.75 Å². The van der Waals surface area contributed by atoms with Crippen LogP contribution in [0.3, 0.4) is 0 Å². The molecule has 10 nitrogen and oxygen atoms in total. The molecule has 4 atom stereocenters. The molecule has 2 saturated carbocycles. The van der Waals surface area contributed by atoms with Crippen LogP contribution < -0.4 is 5.43 Å². The molecule has 0 spiro atoms. The number of aryl methyl sites for hydroxylation is 1. The first-order valence-corrected chi connectivity index (χ1v) is 11.8. The molecule has 0 aromatic heterocycles. The lowest BCUT2D eigenvalue weighted by Crippen LogP contribution is -2.43. The third-order valence-corrected chi connectivity index (χ3v) is 8.33. The van der Waals surface area contributed by atoms with E-state index in [4.69, 9.17) is 0 Å². The van der Waals surface area contributed by atoms with Gasteiger partial charge in [0.05, 0.1) is 21.5 Å². The Hall–Kier alpha value is -3.82. The SMILES string of the molecule is C[C@]12CC[C@@H]3c4ccc(O)cc4CC[C@@H]3[C@H]1CC/C2=N/NC(=O)c1cc([N+](=O)[O-])cc([N+](=O)[O-])c1. The minimum absolute atomic E-state index is 0.155. The number of amides is 1. The Morgan fingerprint density at radius 3 is 2.46 bits per heavy atom. The number of nitrogens with one attached hydrogen (secondary N) is 1. The number of benzene rings is 2. The summed E-state index contributed by atoms with van der Waals surface area (Å²) in [6.07, 6.45) is 5.64. The van der Waals surface area contributed by atoms with Gasteiger partial charge in [0.2, 0.25) is 0 Å². The van der Waals surface area contributed by atoms with Crippen molar-refractivity contribution < 1.29 is 19.7 Å². The van der Waals surface area contributed by atoms with Gasteiger partial charge in [-0.05, 0) is 79.5 Å². The summed E-state index contributed by atoms with van der Waals surface area (Å²) in [5.74, 6) is 0.988. The molecule has 2 aromatic carbocycles. The molecule has 1 amide bonds. The van der Waals surface area contributed by atoms with E-state index in [1.165, 1.54) is 11.1 Å². The minimum Gasteiger partial charge on any atom is -0.508 e. The van der Waals surface area contributed by atoms with Crippen LogP contribution in [0.5, 0.6) is 5.75 Å². The number of rotatable bonds is 4. The van der Waals surface area contributed by atoms with Crippen molar-refractivity contribution in [1.82, 2.24) is 5.43 Å². The fourth-order valence-electron chi connectivity index (χ4n) is 6.66. The Morgan fingerprint density at radius 2 is 1.77 bits per heavy atom. The van der Waals surface area contributed by atoms with Crippen LogP contribution in [-0.4, -0.2) is 26.6 Å². The van der Waals surface area contributed by atoms with Gasteiger partial charge in [-0.1, -0.05) is 13.0 Å². The molecule has 0 aliphatic heterocycles. The Bertz CT molecular complexity index is 1240. The molecule has 5 rings (SSSR count). The summed E-state index contributed by atoms with van der Waals surface area (Å²) in [4.78, 5) is 33.5. The van der Waals surface area contributed by atoms with Crippen LogP contribution in [-0.2, 0) is 6.42 Å². The molecular formula is C25H26N4O6.